The molecule has 1 aromatic carbocycles. The van der Waals surface area contributed by atoms with Gasteiger partial charge < -0.3 is 9.47 Å². The van der Waals surface area contributed by atoms with E-state index >= 15 is 0 Å². The number of rotatable bonds is 4. The Labute approximate surface area is 122 Å². The lowest BCUT2D eigenvalue weighted by Gasteiger charge is -2.00. The summed E-state index contributed by atoms with van der Waals surface area (Å²) in [5, 5.41) is 0. The second kappa shape index (κ2) is 9.42. The van der Waals surface area contributed by atoms with Crippen LogP contribution >= 0.6 is 24.0 Å². The van der Waals surface area contributed by atoms with Crippen molar-refractivity contribution in [3.63, 3.8) is 0 Å². The van der Waals surface area contributed by atoms with E-state index in [-0.39, 0.29) is 12.6 Å². The Hall–Kier alpha value is -1.51. The van der Waals surface area contributed by atoms with Gasteiger partial charge in [0.05, 0.1) is 17.9 Å². The molecular formula is C14H14O3S2. The molecule has 0 N–H and O–H groups in total. The summed E-state index contributed by atoms with van der Waals surface area (Å²) in [5.74, 6) is 5.77. The van der Waals surface area contributed by atoms with Crippen LogP contribution in [0.15, 0.2) is 30.3 Å². The van der Waals surface area contributed by atoms with Crippen LogP contribution in [0.5, 0.6) is 0 Å². The molecule has 0 heterocycles. The fraction of sp³-hybridized carbons (Fsp3) is 0.286. The maximum absolute atomic E-state index is 11.5. The molecule has 19 heavy (non-hydrogen) atoms. The van der Waals surface area contributed by atoms with Gasteiger partial charge in [-0.05, 0) is 31.3 Å². The lowest BCUT2D eigenvalue weighted by molar-refractivity contribution is 0.0556. The molecule has 0 unspecified atom stereocenters. The van der Waals surface area contributed by atoms with Crippen LogP contribution in [0, 0.1) is 11.8 Å². The predicted molar refractivity (Wildman–Crippen MR) is 81.2 cm³/mol. The summed E-state index contributed by atoms with van der Waals surface area (Å²) in [6, 6.07) is 8.81. The number of benzene rings is 1. The fourth-order valence-electron chi connectivity index (χ4n) is 1.12. The Bertz CT molecular complexity index is 474. The van der Waals surface area contributed by atoms with E-state index in [1.165, 1.54) is 11.8 Å². The standard InChI is InChI=1S/C14H14O3S2/c1-2-16-14(18)19-11-7-6-10-17-13(15)12-8-4-3-5-9-12/h3-5,8-9H,2,10-11H2,1H3. The number of esters is 1. The van der Waals surface area contributed by atoms with Gasteiger partial charge in [-0.3, -0.25) is 0 Å². The third-order valence-electron chi connectivity index (χ3n) is 1.93. The van der Waals surface area contributed by atoms with Gasteiger partial charge in [-0.2, -0.15) is 0 Å². The van der Waals surface area contributed by atoms with Crippen molar-refractivity contribution in [3.05, 3.63) is 35.9 Å². The summed E-state index contributed by atoms with van der Waals surface area (Å²) in [7, 11) is 0. The fourth-order valence-corrected chi connectivity index (χ4v) is 1.90. The van der Waals surface area contributed by atoms with Crippen LogP contribution in [0.25, 0.3) is 0 Å². The molecule has 0 bridgehead atoms. The second-order valence-corrected chi connectivity index (χ2v) is 4.84. The topological polar surface area (TPSA) is 35.5 Å². The molecule has 0 spiro atoms. The van der Waals surface area contributed by atoms with Crippen molar-refractivity contribution >= 4 is 34.3 Å². The smallest absolute Gasteiger partial charge is 0.339 e. The van der Waals surface area contributed by atoms with Crippen molar-refractivity contribution in [1.29, 1.82) is 0 Å². The number of hydrogen-bond acceptors (Lipinski definition) is 5. The molecule has 0 atom stereocenters. The number of ether oxygens (including phenoxy) is 2. The molecular weight excluding hydrogens is 280 g/mol. The molecule has 0 amide bonds. The zero-order valence-corrected chi connectivity index (χ0v) is 12.2. The first-order valence-corrected chi connectivity index (χ1v) is 7.11. The Balaban J connectivity index is 2.21. The van der Waals surface area contributed by atoms with Crippen LogP contribution in [0.3, 0.4) is 0 Å². The molecule has 3 nitrogen and oxygen atoms in total. The van der Waals surface area contributed by atoms with Crippen LogP contribution in [-0.4, -0.2) is 29.3 Å². The summed E-state index contributed by atoms with van der Waals surface area (Å²) < 4.78 is 10.6. The van der Waals surface area contributed by atoms with Gasteiger partial charge in [0.15, 0.2) is 6.61 Å². The van der Waals surface area contributed by atoms with E-state index in [4.69, 9.17) is 21.7 Å². The highest BCUT2D eigenvalue weighted by Crippen LogP contribution is 2.04. The van der Waals surface area contributed by atoms with Crippen molar-refractivity contribution in [2.24, 2.45) is 0 Å². The summed E-state index contributed by atoms with van der Waals surface area (Å²) in [6.45, 7) is 2.52. The highest BCUT2D eigenvalue weighted by molar-refractivity contribution is 8.22. The Morgan fingerprint density at radius 3 is 2.68 bits per heavy atom. The second-order valence-electron chi connectivity index (χ2n) is 3.27. The van der Waals surface area contributed by atoms with Crippen LogP contribution in [0.2, 0.25) is 0 Å². The third kappa shape index (κ3) is 6.85. The maximum Gasteiger partial charge on any atom is 0.339 e. The lowest BCUT2D eigenvalue weighted by atomic mass is 10.2. The predicted octanol–water partition coefficient (Wildman–Crippen LogP) is 2.90. The molecule has 0 fully saturated rings. The van der Waals surface area contributed by atoms with Gasteiger partial charge >= 0.3 is 5.97 Å². The van der Waals surface area contributed by atoms with Gasteiger partial charge in [-0.25, -0.2) is 4.79 Å². The number of thiocarbonyl (C=S) groups is 1. The van der Waals surface area contributed by atoms with E-state index in [1.54, 1.807) is 24.3 Å². The number of hydrogen-bond donors (Lipinski definition) is 0. The van der Waals surface area contributed by atoms with E-state index in [2.05, 4.69) is 11.8 Å². The van der Waals surface area contributed by atoms with E-state index in [0.29, 0.717) is 22.3 Å². The summed E-state index contributed by atoms with van der Waals surface area (Å²) in [5.41, 5.74) is 0.524. The Morgan fingerprint density at radius 1 is 1.26 bits per heavy atom. The van der Waals surface area contributed by atoms with Gasteiger partial charge in [0, 0.05) is 0 Å². The van der Waals surface area contributed by atoms with Crippen LogP contribution in [0.1, 0.15) is 17.3 Å². The van der Waals surface area contributed by atoms with E-state index in [0.717, 1.165) is 0 Å². The Morgan fingerprint density at radius 2 is 2.00 bits per heavy atom. The first kappa shape index (κ1) is 15.5. The maximum atomic E-state index is 11.5. The average molecular weight is 294 g/mol. The first-order valence-electron chi connectivity index (χ1n) is 5.71. The molecule has 1 aromatic rings. The van der Waals surface area contributed by atoms with Crippen molar-refractivity contribution in [3.8, 4) is 11.8 Å². The molecule has 0 aliphatic heterocycles. The van der Waals surface area contributed by atoms with Crippen LogP contribution in [-0.2, 0) is 9.47 Å². The zero-order chi connectivity index (χ0) is 13.9. The van der Waals surface area contributed by atoms with Crippen molar-refractivity contribution < 1.29 is 14.3 Å². The van der Waals surface area contributed by atoms with Gasteiger partial charge in [-0.15, -0.1) is 0 Å². The molecule has 0 radical (unpaired) electrons. The van der Waals surface area contributed by atoms with Crippen LogP contribution in [0.4, 0.5) is 0 Å². The summed E-state index contributed by atoms with van der Waals surface area (Å²) in [4.78, 5) is 11.5. The minimum atomic E-state index is -0.368. The molecule has 0 saturated heterocycles. The minimum Gasteiger partial charge on any atom is -0.479 e. The molecule has 0 aromatic heterocycles. The molecule has 1 rings (SSSR count). The van der Waals surface area contributed by atoms with Crippen molar-refractivity contribution in [1.82, 2.24) is 0 Å². The van der Waals surface area contributed by atoms with E-state index < -0.39 is 0 Å². The largest absolute Gasteiger partial charge is 0.479 e. The SMILES string of the molecule is CCOC(=S)SCC#CCOC(=O)c1ccccc1. The third-order valence-corrected chi connectivity index (χ3v) is 3.05. The molecule has 100 valence electrons. The van der Waals surface area contributed by atoms with Gasteiger partial charge in [0.25, 0.3) is 0 Å². The molecule has 0 aliphatic carbocycles. The molecule has 0 aliphatic rings. The number of thioether (sulfide) groups is 1. The van der Waals surface area contributed by atoms with Crippen LogP contribution < -0.4 is 0 Å². The lowest BCUT2D eigenvalue weighted by Crippen LogP contribution is -2.04. The quantitative estimate of drug-likeness (QED) is 0.485. The van der Waals surface area contributed by atoms with Crippen molar-refractivity contribution in [2.75, 3.05) is 19.0 Å². The highest BCUT2D eigenvalue weighted by Gasteiger charge is 2.03. The van der Waals surface area contributed by atoms with Gasteiger partial charge in [-0.1, -0.05) is 41.8 Å². The highest BCUT2D eigenvalue weighted by atomic mass is 32.2. The van der Waals surface area contributed by atoms with Gasteiger partial charge in [0.1, 0.15) is 0 Å². The number of carbonyl (C=O) groups is 1. The first-order chi connectivity index (χ1) is 9.24. The Kier molecular flexibility index (Phi) is 7.71. The number of carbonyl (C=O) groups excluding carboxylic acids is 1. The zero-order valence-electron chi connectivity index (χ0n) is 10.5. The van der Waals surface area contributed by atoms with Crippen molar-refractivity contribution in [2.45, 2.75) is 6.92 Å². The summed E-state index contributed by atoms with van der Waals surface area (Å²) in [6.07, 6.45) is 0. The normalized spacial score (nSPS) is 9.11. The minimum absolute atomic E-state index is 0.0791. The average Bonchev–Trinajstić information content (AvgIpc) is 2.43. The summed E-state index contributed by atoms with van der Waals surface area (Å²) >= 11 is 6.28. The van der Waals surface area contributed by atoms with Gasteiger partial charge in [0.2, 0.25) is 4.38 Å². The van der Waals surface area contributed by atoms with E-state index in [1.807, 2.05) is 13.0 Å². The molecule has 0 saturated carbocycles. The monoisotopic (exact) mass is 294 g/mol. The van der Waals surface area contributed by atoms with E-state index in [9.17, 15) is 4.79 Å². The molecule has 5 heteroatoms.